The molecule has 17 heavy (non-hydrogen) atoms. The molecule has 2 rings (SSSR count). The Morgan fingerprint density at radius 2 is 2.35 bits per heavy atom. The molecule has 0 bridgehead atoms. The molecule has 92 valence electrons. The third-order valence-electron chi connectivity index (χ3n) is 3.40. The molecule has 1 heterocycles. The van der Waals surface area contributed by atoms with Crippen LogP contribution in [0.2, 0.25) is 0 Å². The molecule has 1 aliphatic carbocycles. The highest BCUT2D eigenvalue weighted by Crippen LogP contribution is 2.32. The van der Waals surface area contributed by atoms with Gasteiger partial charge >= 0.3 is 5.97 Å². The van der Waals surface area contributed by atoms with E-state index in [1.165, 1.54) is 24.2 Å². The van der Waals surface area contributed by atoms with Gasteiger partial charge in [0.2, 0.25) is 0 Å². The summed E-state index contributed by atoms with van der Waals surface area (Å²) in [6.07, 6.45) is 6.74. The van der Waals surface area contributed by atoms with E-state index in [1.54, 1.807) is 0 Å². The number of hydrogen-bond donors (Lipinski definition) is 1. The highest BCUT2D eigenvalue weighted by Gasteiger charge is 2.20. The zero-order chi connectivity index (χ0) is 12.3. The van der Waals surface area contributed by atoms with Crippen LogP contribution in [0.5, 0.6) is 0 Å². The minimum Gasteiger partial charge on any atom is -0.478 e. The number of carboxylic acids is 1. The van der Waals surface area contributed by atoms with Gasteiger partial charge in [-0.25, -0.2) is 4.79 Å². The van der Waals surface area contributed by atoms with E-state index in [1.807, 2.05) is 23.6 Å². The van der Waals surface area contributed by atoms with E-state index in [0.717, 1.165) is 23.6 Å². The Kier molecular flexibility index (Phi) is 4.00. The number of rotatable bonds is 3. The molecule has 1 aromatic heterocycles. The first-order valence-corrected chi connectivity index (χ1v) is 7.03. The van der Waals surface area contributed by atoms with Crippen molar-refractivity contribution in [1.29, 1.82) is 0 Å². The molecular weight excluding hydrogens is 232 g/mol. The molecule has 0 spiro atoms. The molecule has 0 amide bonds. The summed E-state index contributed by atoms with van der Waals surface area (Å²) in [5.41, 5.74) is 0.485. The molecule has 2 atom stereocenters. The molecule has 0 radical (unpaired) electrons. The summed E-state index contributed by atoms with van der Waals surface area (Å²) < 4.78 is 0. The lowest BCUT2D eigenvalue weighted by Gasteiger charge is -2.24. The van der Waals surface area contributed by atoms with Gasteiger partial charge < -0.3 is 5.11 Å². The Labute approximate surface area is 106 Å². The van der Waals surface area contributed by atoms with E-state index in [0.29, 0.717) is 11.5 Å². The first kappa shape index (κ1) is 12.4. The third-order valence-corrected chi connectivity index (χ3v) is 4.30. The zero-order valence-corrected chi connectivity index (χ0v) is 10.9. The molecule has 1 N–H and O–H groups in total. The van der Waals surface area contributed by atoms with Crippen molar-refractivity contribution in [2.75, 3.05) is 0 Å². The van der Waals surface area contributed by atoms with Crippen LogP contribution in [0.4, 0.5) is 0 Å². The summed E-state index contributed by atoms with van der Waals surface area (Å²) in [6.45, 7) is 2.26. The first-order valence-electron chi connectivity index (χ1n) is 6.16. The van der Waals surface area contributed by atoms with Gasteiger partial charge in [-0.15, -0.1) is 11.3 Å². The molecule has 0 aromatic carbocycles. The van der Waals surface area contributed by atoms with Crippen molar-refractivity contribution in [2.45, 2.75) is 32.6 Å². The van der Waals surface area contributed by atoms with Gasteiger partial charge in [-0.3, -0.25) is 0 Å². The highest BCUT2D eigenvalue weighted by atomic mass is 32.1. The molecule has 3 heteroatoms. The predicted molar refractivity (Wildman–Crippen MR) is 71.1 cm³/mol. The highest BCUT2D eigenvalue weighted by molar-refractivity contribution is 7.11. The molecule has 2 nitrogen and oxygen atoms in total. The lowest BCUT2D eigenvalue weighted by molar-refractivity contribution is -0.130. The lowest BCUT2D eigenvalue weighted by Crippen LogP contribution is -2.12. The Balaban J connectivity index is 2.18. The van der Waals surface area contributed by atoms with Gasteiger partial charge in [-0.05, 0) is 36.1 Å². The van der Waals surface area contributed by atoms with Crippen molar-refractivity contribution in [1.82, 2.24) is 0 Å². The fourth-order valence-corrected chi connectivity index (χ4v) is 3.30. The molecule has 1 aromatic rings. The predicted octanol–water partition coefficient (Wildman–Crippen LogP) is 4.04. The molecule has 1 saturated carbocycles. The second-order valence-electron chi connectivity index (χ2n) is 4.89. The smallest absolute Gasteiger partial charge is 0.336 e. The quantitative estimate of drug-likeness (QED) is 0.822. The Morgan fingerprint density at radius 1 is 1.53 bits per heavy atom. The standard InChI is InChI=1S/C14H18O2S/c1-10-4-2-5-11(8-10)9-12(14(15)16)13-6-3-7-17-13/h3,6-7,9-11H,2,4-5,8H2,1H3,(H,15,16)/b12-9+. The SMILES string of the molecule is CC1CCCC(/C=C(/C(=O)O)c2cccs2)C1. The minimum absolute atomic E-state index is 0.437. The van der Waals surface area contributed by atoms with E-state index in [-0.39, 0.29) is 0 Å². The van der Waals surface area contributed by atoms with Crippen molar-refractivity contribution >= 4 is 22.9 Å². The largest absolute Gasteiger partial charge is 0.478 e. The number of thiophene rings is 1. The Hall–Kier alpha value is -1.09. The second-order valence-corrected chi connectivity index (χ2v) is 5.84. The Bertz CT molecular complexity index is 406. The fourth-order valence-electron chi connectivity index (χ4n) is 2.56. The van der Waals surface area contributed by atoms with Crippen molar-refractivity contribution in [2.24, 2.45) is 11.8 Å². The molecule has 0 saturated heterocycles. The number of aliphatic carboxylic acids is 1. The van der Waals surface area contributed by atoms with Crippen LogP contribution in [0.25, 0.3) is 5.57 Å². The zero-order valence-electron chi connectivity index (χ0n) is 10.1. The molecule has 2 unspecified atom stereocenters. The monoisotopic (exact) mass is 250 g/mol. The van der Waals surface area contributed by atoms with Crippen LogP contribution in [-0.2, 0) is 4.79 Å². The second kappa shape index (κ2) is 5.50. The fraction of sp³-hybridized carbons (Fsp3) is 0.500. The van der Waals surface area contributed by atoms with E-state index in [4.69, 9.17) is 0 Å². The van der Waals surface area contributed by atoms with E-state index < -0.39 is 5.97 Å². The van der Waals surface area contributed by atoms with E-state index in [9.17, 15) is 9.90 Å². The number of hydrogen-bond acceptors (Lipinski definition) is 2. The minimum atomic E-state index is -0.800. The summed E-state index contributed by atoms with van der Waals surface area (Å²) >= 11 is 1.50. The number of carbonyl (C=O) groups is 1. The van der Waals surface area contributed by atoms with Gasteiger partial charge in [0.15, 0.2) is 0 Å². The average molecular weight is 250 g/mol. The Morgan fingerprint density at radius 3 is 2.94 bits per heavy atom. The summed E-state index contributed by atoms with van der Waals surface area (Å²) in [6, 6.07) is 3.79. The van der Waals surface area contributed by atoms with Crippen LogP contribution in [0.1, 0.15) is 37.5 Å². The van der Waals surface area contributed by atoms with Crippen molar-refractivity contribution in [3.8, 4) is 0 Å². The van der Waals surface area contributed by atoms with Crippen molar-refractivity contribution < 1.29 is 9.90 Å². The van der Waals surface area contributed by atoms with Crippen LogP contribution >= 0.6 is 11.3 Å². The van der Waals surface area contributed by atoms with Crippen LogP contribution in [-0.4, -0.2) is 11.1 Å². The molecule has 1 fully saturated rings. The summed E-state index contributed by atoms with van der Waals surface area (Å²) in [5.74, 6) is 0.362. The van der Waals surface area contributed by atoms with E-state index >= 15 is 0 Å². The van der Waals surface area contributed by atoms with Gasteiger partial charge in [0.25, 0.3) is 0 Å². The number of carboxylic acid groups (broad SMARTS) is 1. The molecule has 0 aliphatic heterocycles. The normalized spacial score (nSPS) is 25.8. The van der Waals surface area contributed by atoms with Crippen molar-refractivity contribution in [3.63, 3.8) is 0 Å². The maximum absolute atomic E-state index is 11.3. The summed E-state index contributed by atoms with van der Waals surface area (Å²) in [7, 11) is 0. The molecular formula is C14H18O2S. The van der Waals surface area contributed by atoms with Crippen LogP contribution in [0, 0.1) is 11.8 Å². The lowest BCUT2D eigenvalue weighted by atomic mass is 9.81. The van der Waals surface area contributed by atoms with E-state index in [2.05, 4.69) is 6.92 Å². The van der Waals surface area contributed by atoms with Gasteiger partial charge in [-0.2, -0.15) is 0 Å². The summed E-state index contributed by atoms with van der Waals surface area (Å²) in [5, 5.41) is 11.2. The van der Waals surface area contributed by atoms with Gasteiger partial charge in [0.05, 0.1) is 5.57 Å². The maximum atomic E-state index is 11.3. The van der Waals surface area contributed by atoms with Crippen molar-refractivity contribution in [3.05, 3.63) is 28.5 Å². The van der Waals surface area contributed by atoms with Gasteiger partial charge in [-0.1, -0.05) is 31.9 Å². The van der Waals surface area contributed by atoms with Crippen LogP contribution in [0.3, 0.4) is 0 Å². The first-order chi connectivity index (χ1) is 8.16. The number of allylic oxidation sites excluding steroid dienone is 1. The van der Waals surface area contributed by atoms with Crippen LogP contribution < -0.4 is 0 Å². The van der Waals surface area contributed by atoms with Gasteiger partial charge in [0, 0.05) is 4.88 Å². The molecule has 1 aliphatic rings. The van der Waals surface area contributed by atoms with Crippen LogP contribution in [0.15, 0.2) is 23.6 Å². The maximum Gasteiger partial charge on any atom is 0.336 e. The average Bonchev–Trinajstić information content (AvgIpc) is 2.78. The third kappa shape index (κ3) is 3.19. The topological polar surface area (TPSA) is 37.3 Å². The van der Waals surface area contributed by atoms with Gasteiger partial charge in [0.1, 0.15) is 0 Å². The summed E-state index contributed by atoms with van der Waals surface area (Å²) in [4.78, 5) is 12.2.